The van der Waals surface area contributed by atoms with Crippen LogP contribution >= 0.6 is 0 Å². The van der Waals surface area contributed by atoms with E-state index in [4.69, 9.17) is 5.73 Å². The van der Waals surface area contributed by atoms with Crippen LogP contribution in [0.2, 0.25) is 0 Å². The van der Waals surface area contributed by atoms with E-state index in [0.717, 1.165) is 0 Å². The maximum atomic E-state index is 13.4. The average Bonchev–Trinajstić information content (AvgIpc) is 2.70. The molecule has 0 spiro atoms. The molecule has 4 N–H and O–H groups in total. The Bertz CT molecular complexity index is 1040. The molecule has 166 valence electrons. The Balaban J connectivity index is 2.10. The molecule has 0 aliphatic heterocycles. The maximum Gasteiger partial charge on any atom is 0.243 e. The van der Waals surface area contributed by atoms with Gasteiger partial charge in [0.1, 0.15) is 17.9 Å². The van der Waals surface area contributed by atoms with E-state index in [-0.39, 0.29) is 17.7 Å². The van der Waals surface area contributed by atoms with Gasteiger partial charge in [0.2, 0.25) is 17.7 Å². The fourth-order valence-electron chi connectivity index (χ4n) is 2.93. The van der Waals surface area contributed by atoms with Crippen molar-refractivity contribution in [3.63, 3.8) is 0 Å². The lowest BCUT2D eigenvalue weighted by atomic mass is 10.0. The third-order valence-corrected chi connectivity index (χ3v) is 6.22. The highest BCUT2D eigenvalue weighted by Gasteiger charge is 2.27. The monoisotopic (exact) mass is 449 g/mol. The third kappa shape index (κ3) is 7.49. The van der Waals surface area contributed by atoms with E-state index in [1.54, 1.807) is 24.3 Å². The maximum absolute atomic E-state index is 13.4. The molecule has 31 heavy (non-hydrogen) atoms. The first-order chi connectivity index (χ1) is 14.6. The number of carbonyl (C=O) groups excluding carboxylic acids is 3. The van der Waals surface area contributed by atoms with Gasteiger partial charge in [-0.2, -0.15) is 0 Å². The van der Waals surface area contributed by atoms with Crippen LogP contribution in [0.15, 0.2) is 59.5 Å². The van der Waals surface area contributed by atoms with Crippen molar-refractivity contribution < 1.29 is 27.2 Å². The summed E-state index contributed by atoms with van der Waals surface area (Å²) in [6.07, 6.45) is -0.276. The van der Waals surface area contributed by atoms with E-state index in [0.29, 0.717) is 5.56 Å². The van der Waals surface area contributed by atoms with Crippen LogP contribution in [0.25, 0.3) is 0 Å². The lowest BCUT2D eigenvalue weighted by molar-refractivity contribution is -0.130. The van der Waals surface area contributed by atoms with E-state index < -0.39 is 51.2 Å². The van der Waals surface area contributed by atoms with Crippen molar-refractivity contribution in [2.45, 2.75) is 36.7 Å². The highest BCUT2D eigenvalue weighted by molar-refractivity contribution is 7.91. The Labute approximate surface area is 179 Å². The quantitative estimate of drug-likeness (QED) is 0.491. The van der Waals surface area contributed by atoms with Gasteiger partial charge < -0.3 is 16.4 Å². The second-order valence-corrected chi connectivity index (χ2v) is 9.08. The Morgan fingerprint density at radius 1 is 1.00 bits per heavy atom. The van der Waals surface area contributed by atoms with Gasteiger partial charge in [0.25, 0.3) is 0 Å². The van der Waals surface area contributed by atoms with E-state index in [9.17, 15) is 27.2 Å². The van der Waals surface area contributed by atoms with Crippen LogP contribution in [-0.2, 0) is 30.6 Å². The van der Waals surface area contributed by atoms with Crippen molar-refractivity contribution in [3.8, 4) is 0 Å². The highest BCUT2D eigenvalue weighted by atomic mass is 32.2. The number of nitrogens with two attached hydrogens (primary N) is 1. The molecule has 0 saturated heterocycles. The predicted molar refractivity (Wildman–Crippen MR) is 112 cm³/mol. The van der Waals surface area contributed by atoms with Crippen LogP contribution in [0.4, 0.5) is 4.39 Å². The summed E-state index contributed by atoms with van der Waals surface area (Å²) in [6.45, 7) is 1.21. The number of sulfone groups is 1. The summed E-state index contributed by atoms with van der Waals surface area (Å²) in [6, 6.07) is 10.8. The molecular formula is C21H24FN3O5S. The van der Waals surface area contributed by atoms with Crippen molar-refractivity contribution in [2.24, 2.45) is 5.73 Å². The fraction of sp³-hybridized carbons (Fsp3) is 0.286. The second kappa shape index (κ2) is 10.7. The number of nitrogens with one attached hydrogen (secondary N) is 2. The van der Waals surface area contributed by atoms with Gasteiger partial charge in [0, 0.05) is 13.3 Å². The molecule has 0 heterocycles. The molecule has 2 aromatic rings. The van der Waals surface area contributed by atoms with Gasteiger partial charge in [-0.3, -0.25) is 14.4 Å². The van der Waals surface area contributed by atoms with Gasteiger partial charge in [-0.1, -0.05) is 30.3 Å². The van der Waals surface area contributed by atoms with Crippen molar-refractivity contribution in [3.05, 3.63) is 66.0 Å². The molecule has 0 radical (unpaired) electrons. The Kier molecular flexibility index (Phi) is 8.26. The second-order valence-electron chi connectivity index (χ2n) is 6.97. The van der Waals surface area contributed by atoms with Gasteiger partial charge in [-0.25, -0.2) is 12.8 Å². The van der Waals surface area contributed by atoms with Crippen molar-refractivity contribution in [1.29, 1.82) is 0 Å². The van der Waals surface area contributed by atoms with Crippen LogP contribution in [0.3, 0.4) is 0 Å². The third-order valence-electron chi connectivity index (χ3n) is 4.46. The summed E-state index contributed by atoms with van der Waals surface area (Å²) in [7, 11) is -3.69. The normalized spacial score (nSPS) is 13.1. The number of primary amides is 1. The zero-order valence-electron chi connectivity index (χ0n) is 16.9. The molecule has 10 heteroatoms. The minimum Gasteiger partial charge on any atom is -0.368 e. The van der Waals surface area contributed by atoms with E-state index in [2.05, 4.69) is 10.6 Å². The van der Waals surface area contributed by atoms with Crippen LogP contribution in [0.5, 0.6) is 0 Å². The molecule has 0 bridgehead atoms. The largest absolute Gasteiger partial charge is 0.368 e. The summed E-state index contributed by atoms with van der Waals surface area (Å²) in [5, 5.41) is 4.84. The summed E-state index contributed by atoms with van der Waals surface area (Å²) in [5.41, 5.74) is 5.80. The smallest absolute Gasteiger partial charge is 0.243 e. The van der Waals surface area contributed by atoms with Crippen LogP contribution in [-0.4, -0.2) is 44.0 Å². The average molecular weight is 450 g/mol. The lowest BCUT2D eigenvalue weighted by Crippen LogP contribution is -2.53. The molecular weight excluding hydrogens is 425 g/mol. The molecule has 2 aromatic carbocycles. The number of rotatable bonds is 10. The van der Waals surface area contributed by atoms with Crippen molar-refractivity contribution in [2.75, 3.05) is 5.75 Å². The standard InChI is InChI=1S/C21H24FN3O5S/c1-14(26)24-19(13-15-6-5-7-16(22)12-15)21(28)25-18(20(23)27)10-11-31(29,30)17-8-3-2-4-9-17/h2-9,12,18-19H,10-11,13H2,1H3,(H2,23,27)(H,24,26)(H,25,28)/t18-,19-/m0/s1. The first-order valence-corrected chi connectivity index (χ1v) is 11.1. The molecule has 8 nitrogen and oxygen atoms in total. The Morgan fingerprint density at radius 2 is 1.68 bits per heavy atom. The first kappa shape index (κ1) is 24.0. The number of benzene rings is 2. The van der Waals surface area contributed by atoms with E-state index >= 15 is 0 Å². The van der Waals surface area contributed by atoms with E-state index in [1.807, 2.05) is 0 Å². The van der Waals surface area contributed by atoms with Gasteiger partial charge >= 0.3 is 0 Å². The molecule has 3 amide bonds. The minimum atomic E-state index is -3.69. The zero-order chi connectivity index (χ0) is 23.0. The predicted octanol–water partition coefficient (Wildman–Crippen LogP) is 0.707. The first-order valence-electron chi connectivity index (χ1n) is 9.47. The van der Waals surface area contributed by atoms with Gasteiger partial charge in [0.05, 0.1) is 10.6 Å². The molecule has 0 aromatic heterocycles. The molecule has 2 atom stereocenters. The Morgan fingerprint density at radius 3 is 2.26 bits per heavy atom. The summed E-state index contributed by atoms with van der Waals surface area (Å²) in [4.78, 5) is 36.1. The van der Waals surface area contributed by atoms with Crippen LogP contribution in [0, 0.1) is 5.82 Å². The molecule has 0 aliphatic rings. The van der Waals surface area contributed by atoms with Gasteiger partial charge in [0.15, 0.2) is 9.84 Å². The van der Waals surface area contributed by atoms with Crippen LogP contribution < -0.4 is 16.4 Å². The number of amides is 3. The summed E-state index contributed by atoms with van der Waals surface area (Å²) in [5.74, 6) is -3.07. The lowest BCUT2D eigenvalue weighted by Gasteiger charge is -2.21. The minimum absolute atomic E-state index is 0.0308. The number of hydrogen-bond donors (Lipinski definition) is 3. The van der Waals surface area contributed by atoms with E-state index in [1.165, 1.54) is 37.3 Å². The zero-order valence-corrected chi connectivity index (χ0v) is 17.7. The molecule has 0 unspecified atom stereocenters. The number of hydrogen-bond acceptors (Lipinski definition) is 5. The Hall–Kier alpha value is -3.27. The highest BCUT2D eigenvalue weighted by Crippen LogP contribution is 2.13. The summed E-state index contributed by atoms with van der Waals surface area (Å²) >= 11 is 0. The van der Waals surface area contributed by atoms with Gasteiger partial charge in [-0.15, -0.1) is 0 Å². The molecule has 2 rings (SSSR count). The van der Waals surface area contributed by atoms with Crippen LogP contribution in [0.1, 0.15) is 18.9 Å². The molecule has 0 fully saturated rings. The summed E-state index contributed by atoms with van der Waals surface area (Å²) < 4.78 is 38.3. The fourth-order valence-corrected chi connectivity index (χ4v) is 4.28. The molecule has 0 saturated carbocycles. The number of carbonyl (C=O) groups is 3. The number of halogens is 1. The van der Waals surface area contributed by atoms with Gasteiger partial charge in [-0.05, 0) is 36.2 Å². The molecule has 0 aliphatic carbocycles. The SMILES string of the molecule is CC(=O)N[C@@H](Cc1cccc(F)c1)C(=O)N[C@@H](CCS(=O)(=O)c1ccccc1)C(N)=O. The van der Waals surface area contributed by atoms with Crippen molar-refractivity contribution >= 4 is 27.6 Å². The topological polar surface area (TPSA) is 135 Å². The van der Waals surface area contributed by atoms with Crippen molar-refractivity contribution in [1.82, 2.24) is 10.6 Å².